The van der Waals surface area contributed by atoms with Gasteiger partial charge in [-0.3, -0.25) is 9.59 Å². The molecule has 1 aromatic carbocycles. The van der Waals surface area contributed by atoms with Gasteiger partial charge in [-0.25, -0.2) is 4.79 Å². The summed E-state index contributed by atoms with van der Waals surface area (Å²) < 4.78 is 0. The largest absolute Gasteiger partial charge is 0.480 e. The molecule has 0 saturated heterocycles. The molecule has 0 saturated carbocycles. The second kappa shape index (κ2) is 8.66. The number of benzene rings is 1. The number of aliphatic carboxylic acids is 1. The fourth-order valence-electron chi connectivity index (χ4n) is 1.82. The first-order valence-electron chi connectivity index (χ1n) is 6.88. The van der Waals surface area contributed by atoms with Crippen molar-refractivity contribution < 1.29 is 19.5 Å². The quantitative estimate of drug-likeness (QED) is 0.778. The summed E-state index contributed by atoms with van der Waals surface area (Å²) >= 11 is 0. The van der Waals surface area contributed by atoms with E-state index < -0.39 is 5.97 Å². The van der Waals surface area contributed by atoms with Crippen molar-refractivity contribution in [3.8, 4) is 0 Å². The molecule has 0 unspecified atom stereocenters. The molecule has 0 aromatic heterocycles. The summed E-state index contributed by atoms with van der Waals surface area (Å²) in [5, 5.41) is 11.2. The van der Waals surface area contributed by atoms with Gasteiger partial charge >= 0.3 is 12.0 Å². The number of urea groups is 1. The van der Waals surface area contributed by atoms with Crippen LogP contribution in [0.3, 0.4) is 0 Å². The predicted octanol–water partition coefficient (Wildman–Crippen LogP) is 0.761. The van der Waals surface area contributed by atoms with Crippen LogP contribution in [0.2, 0.25) is 0 Å². The molecule has 2 N–H and O–H groups in total. The van der Waals surface area contributed by atoms with E-state index in [0.29, 0.717) is 6.54 Å². The van der Waals surface area contributed by atoms with Crippen molar-refractivity contribution in [3.63, 3.8) is 0 Å². The maximum Gasteiger partial charge on any atom is 0.323 e. The van der Waals surface area contributed by atoms with Gasteiger partial charge in [-0.05, 0) is 5.56 Å². The molecule has 0 heterocycles. The van der Waals surface area contributed by atoms with E-state index in [9.17, 15) is 14.4 Å². The Kier molecular flexibility index (Phi) is 6.88. The standard InChI is InChI=1S/C15H21N3O4/c1-17(11-14(20)21)13(19)8-9-16-15(22)18(2)10-12-6-4-3-5-7-12/h3-7H,8-11H2,1-2H3,(H,16,22)(H,20,21). The number of carbonyl (C=O) groups is 3. The van der Waals surface area contributed by atoms with Gasteiger partial charge in [0, 0.05) is 33.6 Å². The lowest BCUT2D eigenvalue weighted by molar-refractivity contribution is -0.143. The molecule has 0 aliphatic carbocycles. The van der Waals surface area contributed by atoms with Crippen molar-refractivity contribution in [1.82, 2.24) is 15.1 Å². The maximum atomic E-state index is 11.9. The molecule has 0 radical (unpaired) electrons. The molecular weight excluding hydrogens is 286 g/mol. The lowest BCUT2D eigenvalue weighted by Crippen LogP contribution is -2.39. The van der Waals surface area contributed by atoms with E-state index in [-0.39, 0.29) is 31.4 Å². The molecule has 7 nitrogen and oxygen atoms in total. The molecule has 1 rings (SSSR count). The molecule has 0 aliphatic heterocycles. The third kappa shape index (κ3) is 6.25. The van der Waals surface area contributed by atoms with Gasteiger partial charge in [-0.2, -0.15) is 0 Å². The summed E-state index contributed by atoms with van der Waals surface area (Å²) in [4.78, 5) is 36.6. The zero-order valence-corrected chi connectivity index (χ0v) is 12.8. The molecule has 120 valence electrons. The summed E-state index contributed by atoms with van der Waals surface area (Å²) in [5.41, 5.74) is 1.01. The van der Waals surface area contributed by atoms with Crippen molar-refractivity contribution in [1.29, 1.82) is 0 Å². The number of likely N-dealkylation sites (N-methyl/N-ethyl adjacent to an activating group) is 1. The minimum atomic E-state index is -1.07. The minimum Gasteiger partial charge on any atom is -0.480 e. The Morgan fingerprint density at radius 3 is 2.32 bits per heavy atom. The van der Waals surface area contributed by atoms with Gasteiger partial charge in [-0.15, -0.1) is 0 Å². The molecule has 0 aliphatic rings. The zero-order valence-electron chi connectivity index (χ0n) is 12.8. The number of hydrogen-bond acceptors (Lipinski definition) is 3. The summed E-state index contributed by atoms with van der Waals surface area (Å²) in [6.07, 6.45) is 0.0642. The summed E-state index contributed by atoms with van der Waals surface area (Å²) in [5.74, 6) is -1.39. The first-order valence-corrected chi connectivity index (χ1v) is 6.88. The van der Waals surface area contributed by atoms with Crippen LogP contribution < -0.4 is 5.32 Å². The highest BCUT2D eigenvalue weighted by molar-refractivity contribution is 5.81. The average Bonchev–Trinajstić information content (AvgIpc) is 2.47. The number of amides is 3. The molecule has 22 heavy (non-hydrogen) atoms. The van der Waals surface area contributed by atoms with Crippen LogP contribution in [-0.4, -0.2) is 60.0 Å². The minimum absolute atomic E-state index is 0.0642. The third-order valence-electron chi connectivity index (χ3n) is 3.02. The van der Waals surface area contributed by atoms with Crippen molar-refractivity contribution in [2.24, 2.45) is 0 Å². The van der Waals surface area contributed by atoms with E-state index >= 15 is 0 Å². The number of carbonyl (C=O) groups excluding carboxylic acids is 2. The van der Waals surface area contributed by atoms with Crippen LogP contribution in [0.15, 0.2) is 30.3 Å². The Hall–Kier alpha value is -2.57. The van der Waals surface area contributed by atoms with Crippen LogP contribution in [0.25, 0.3) is 0 Å². The van der Waals surface area contributed by atoms with Crippen LogP contribution >= 0.6 is 0 Å². The fraction of sp³-hybridized carbons (Fsp3) is 0.400. The molecule has 3 amide bonds. The van der Waals surface area contributed by atoms with E-state index in [1.807, 2.05) is 30.3 Å². The highest BCUT2D eigenvalue weighted by atomic mass is 16.4. The van der Waals surface area contributed by atoms with Gasteiger partial charge < -0.3 is 20.2 Å². The van der Waals surface area contributed by atoms with Crippen molar-refractivity contribution in [2.75, 3.05) is 27.2 Å². The van der Waals surface area contributed by atoms with Gasteiger partial charge in [0.25, 0.3) is 0 Å². The van der Waals surface area contributed by atoms with Crippen LogP contribution in [0, 0.1) is 0 Å². The van der Waals surface area contributed by atoms with E-state index in [2.05, 4.69) is 5.32 Å². The molecule has 7 heteroatoms. The lowest BCUT2D eigenvalue weighted by atomic mass is 10.2. The first-order chi connectivity index (χ1) is 10.4. The Labute approximate surface area is 129 Å². The number of hydrogen-bond donors (Lipinski definition) is 2. The summed E-state index contributed by atoms with van der Waals surface area (Å²) in [6.45, 7) is 0.293. The Morgan fingerprint density at radius 2 is 1.73 bits per heavy atom. The highest BCUT2D eigenvalue weighted by Gasteiger charge is 2.13. The van der Waals surface area contributed by atoms with Crippen molar-refractivity contribution in [2.45, 2.75) is 13.0 Å². The predicted molar refractivity (Wildman–Crippen MR) is 81.2 cm³/mol. The number of carboxylic acids is 1. The van der Waals surface area contributed by atoms with E-state index in [1.54, 1.807) is 7.05 Å². The Balaban J connectivity index is 2.30. The summed E-state index contributed by atoms with van der Waals surface area (Å²) in [6, 6.07) is 9.28. The van der Waals surface area contributed by atoms with Gasteiger partial charge in [0.1, 0.15) is 6.54 Å². The second-order valence-electron chi connectivity index (χ2n) is 4.97. The molecule has 0 bridgehead atoms. The molecule has 0 atom stereocenters. The molecule has 0 fully saturated rings. The van der Waals surface area contributed by atoms with Crippen LogP contribution in [-0.2, 0) is 16.1 Å². The number of carboxylic acid groups (broad SMARTS) is 1. The highest BCUT2D eigenvalue weighted by Crippen LogP contribution is 2.02. The second-order valence-corrected chi connectivity index (χ2v) is 4.97. The Bertz CT molecular complexity index is 519. The SMILES string of the molecule is CN(CC(=O)O)C(=O)CCNC(=O)N(C)Cc1ccccc1. The number of nitrogens with zero attached hydrogens (tertiary/aromatic N) is 2. The van der Waals surface area contributed by atoms with Crippen LogP contribution in [0.5, 0.6) is 0 Å². The van der Waals surface area contributed by atoms with Crippen molar-refractivity contribution in [3.05, 3.63) is 35.9 Å². The van der Waals surface area contributed by atoms with Gasteiger partial charge in [0.2, 0.25) is 5.91 Å². The molecule has 1 aromatic rings. The zero-order chi connectivity index (χ0) is 16.5. The third-order valence-corrected chi connectivity index (χ3v) is 3.02. The Morgan fingerprint density at radius 1 is 1.09 bits per heavy atom. The van der Waals surface area contributed by atoms with Gasteiger partial charge in [0.05, 0.1) is 0 Å². The monoisotopic (exact) mass is 307 g/mol. The van der Waals surface area contributed by atoms with Crippen LogP contribution in [0.4, 0.5) is 4.79 Å². The van der Waals surface area contributed by atoms with Crippen molar-refractivity contribution >= 4 is 17.9 Å². The number of rotatable bonds is 7. The van der Waals surface area contributed by atoms with E-state index in [1.165, 1.54) is 11.9 Å². The maximum absolute atomic E-state index is 11.9. The normalized spacial score (nSPS) is 9.91. The van der Waals surface area contributed by atoms with E-state index in [0.717, 1.165) is 10.5 Å². The molecule has 0 spiro atoms. The van der Waals surface area contributed by atoms with Crippen LogP contribution in [0.1, 0.15) is 12.0 Å². The molecular formula is C15H21N3O4. The smallest absolute Gasteiger partial charge is 0.323 e. The number of nitrogens with one attached hydrogen (secondary N) is 1. The average molecular weight is 307 g/mol. The lowest BCUT2D eigenvalue weighted by Gasteiger charge is -2.19. The van der Waals surface area contributed by atoms with E-state index in [4.69, 9.17) is 5.11 Å². The fourth-order valence-corrected chi connectivity index (χ4v) is 1.82. The topological polar surface area (TPSA) is 90.0 Å². The summed E-state index contributed by atoms with van der Waals surface area (Å²) in [7, 11) is 3.08. The first kappa shape index (κ1) is 17.5. The van der Waals surface area contributed by atoms with Gasteiger partial charge in [0.15, 0.2) is 0 Å². The van der Waals surface area contributed by atoms with Gasteiger partial charge in [-0.1, -0.05) is 30.3 Å².